The summed E-state index contributed by atoms with van der Waals surface area (Å²) in [7, 11) is 0. The van der Waals surface area contributed by atoms with Crippen LogP contribution in [-0.2, 0) is 0 Å². The van der Waals surface area contributed by atoms with E-state index in [1.807, 2.05) is 0 Å². The van der Waals surface area contributed by atoms with Gasteiger partial charge in [-0.25, -0.2) is 0 Å². The second-order valence-corrected chi connectivity index (χ2v) is 5.93. The van der Waals surface area contributed by atoms with Gasteiger partial charge in [0.1, 0.15) is 0 Å². The van der Waals surface area contributed by atoms with Crippen LogP contribution in [0.2, 0.25) is 0 Å². The lowest BCUT2D eigenvalue weighted by Gasteiger charge is -2.49. The predicted octanol–water partition coefficient (Wildman–Crippen LogP) is 2.88. The van der Waals surface area contributed by atoms with Gasteiger partial charge in [-0.3, -0.25) is 0 Å². The highest BCUT2D eigenvalue weighted by Gasteiger charge is 2.34. The Hall–Kier alpha value is -1.02. The average molecular weight is 232 g/mol. The number of rotatable bonds is 1. The van der Waals surface area contributed by atoms with Crippen molar-refractivity contribution < 1.29 is 0 Å². The number of piperazine rings is 1. The summed E-state index contributed by atoms with van der Waals surface area (Å²) >= 11 is 0. The van der Waals surface area contributed by atoms with Gasteiger partial charge in [0.15, 0.2) is 0 Å². The van der Waals surface area contributed by atoms with Crippen LogP contribution in [0, 0.1) is 13.8 Å². The molecular formula is C15H24N2. The number of anilines is 1. The van der Waals surface area contributed by atoms with Gasteiger partial charge >= 0.3 is 0 Å². The minimum absolute atomic E-state index is 0.180. The van der Waals surface area contributed by atoms with Crippen LogP contribution in [0.4, 0.5) is 5.69 Å². The molecular weight excluding hydrogens is 208 g/mol. The molecule has 0 spiro atoms. The van der Waals surface area contributed by atoms with Gasteiger partial charge in [0.2, 0.25) is 0 Å². The molecule has 1 aromatic carbocycles. The first-order valence-electron chi connectivity index (χ1n) is 6.49. The summed E-state index contributed by atoms with van der Waals surface area (Å²) in [4.78, 5) is 2.55. The number of hydrogen-bond acceptors (Lipinski definition) is 2. The molecule has 0 aromatic heterocycles. The first-order chi connectivity index (χ1) is 7.92. The fourth-order valence-electron chi connectivity index (χ4n) is 2.84. The molecule has 2 rings (SSSR count). The van der Waals surface area contributed by atoms with Crippen molar-refractivity contribution >= 4 is 5.69 Å². The number of nitrogens with one attached hydrogen (secondary N) is 1. The smallest absolute Gasteiger partial charge is 0.0473 e. The molecule has 0 amide bonds. The van der Waals surface area contributed by atoms with Gasteiger partial charge in [0, 0.05) is 30.4 Å². The van der Waals surface area contributed by atoms with Crippen molar-refractivity contribution in [2.75, 3.05) is 18.0 Å². The predicted molar refractivity (Wildman–Crippen MR) is 74.8 cm³/mol. The first-order valence-corrected chi connectivity index (χ1v) is 6.49. The van der Waals surface area contributed by atoms with E-state index in [-0.39, 0.29) is 5.54 Å². The van der Waals surface area contributed by atoms with Crippen LogP contribution in [0.25, 0.3) is 0 Å². The molecule has 1 atom stereocenters. The summed E-state index contributed by atoms with van der Waals surface area (Å²) in [6.07, 6.45) is 0. The maximum atomic E-state index is 3.51. The molecule has 94 valence electrons. The third kappa shape index (κ3) is 2.32. The van der Waals surface area contributed by atoms with Crippen molar-refractivity contribution in [1.82, 2.24) is 5.32 Å². The van der Waals surface area contributed by atoms with Gasteiger partial charge in [-0.2, -0.15) is 0 Å². The molecule has 1 heterocycles. The SMILES string of the molecule is Cc1ccc(N2C(C)CNCC2(C)C)cc1C. The Morgan fingerprint density at radius 2 is 1.94 bits per heavy atom. The number of benzene rings is 1. The molecule has 0 radical (unpaired) electrons. The lowest BCUT2D eigenvalue weighted by Crippen LogP contribution is -2.62. The molecule has 17 heavy (non-hydrogen) atoms. The molecule has 0 bridgehead atoms. The van der Waals surface area contributed by atoms with Crippen molar-refractivity contribution in [3.63, 3.8) is 0 Å². The minimum Gasteiger partial charge on any atom is -0.361 e. The third-order valence-corrected chi connectivity index (χ3v) is 3.86. The van der Waals surface area contributed by atoms with Gasteiger partial charge in [-0.1, -0.05) is 6.07 Å². The van der Waals surface area contributed by atoms with E-state index < -0.39 is 0 Å². The van der Waals surface area contributed by atoms with E-state index in [0.29, 0.717) is 6.04 Å². The highest BCUT2D eigenvalue weighted by Crippen LogP contribution is 2.29. The van der Waals surface area contributed by atoms with Gasteiger partial charge in [-0.15, -0.1) is 0 Å². The van der Waals surface area contributed by atoms with Crippen molar-refractivity contribution in [3.8, 4) is 0 Å². The van der Waals surface area contributed by atoms with Crippen LogP contribution in [0.3, 0.4) is 0 Å². The standard InChI is InChI=1S/C15H24N2/c1-11-6-7-14(8-12(11)2)17-13(3)9-16-10-15(17,4)5/h6-8,13,16H,9-10H2,1-5H3. The van der Waals surface area contributed by atoms with E-state index in [9.17, 15) is 0 Å². The molecule has 1 unspecified atom stereocenters. The molecule has 2 heteroatoms. The Labute approximate surface area is 105 Å². The van der Waals surface area contributed by atoms with Crippen LogP contribution in [-0.4, -0.2) is 24.7 Å². The van der Waals surface area contributed by atoms with Crippen LogP contribution >= 0.6 is 0 Å². The average Bonchev–Trinajstić information content (AvgIpc) is 2.22. The van der Waals surface area contributed by atoms with Crippen LogP contribution < -0.4 is 10.2 Å². The lowest BCUT2D eigenvalue weighted by molar-refractivity contribution is 0.334. The number of nitrogens with zero attached hydrogens (tertiary/aromatic N) is 1. The van der Waals surface area contributed by atoms with Crippen molar-refractivity contribution in [1.29, 1.82) is 0 Å². The maximum absolute atomic E-state index is 3.51. The maximum Gasteiger partial charge on any atom is 0.0473 e. The third-order valence-electron chi connectivity index (χ3n) is 3.86. The van der Waals surface area contributed by atoms with E-state index >= 15 is 0 Å². The largest absolute Gasteiger partial charge is 0.361 e. The van der Waals surface area contributed by atoms with Gasteiger partial charge in [0.25, 0.3) is 0 Å². The van der Waals surface area contributed by atoms with Crippen LogP contribution in [0.5, 0.6) is 0 Å². The summed E-state index contributed by atoms with van der Waals surface area (Å²) in [5, 5.41) is 3.51. The molecule has 0 aliphatic carbocycles. The van der Waals surface area contributed by atoms with Crippen molar-refractivity contribution in [2.24, 2.45) is 0 Å². The van der Waals surface area contributed by atoms with Crippen molar-refractivity contribution in [3.05, 3.63) is 29.3 Å². The van der Waals surface area contributed by atoms with Gasteiger partial charge in [-0.05, 0) is 57.9 Å². The molecule has 1 aliphatic heterocycles. The Bertz CT molecular complexity index is 409. The van der Waals surface area contributed by atoms with E-state index in [4.69, 9.17) is 0 Å². The zero-order chi connectivity index (χ0) is 12.6. The number of aryl methyl sites for hydroxylation is 2. The number of hydrogen-bond donors (Lipinski definition) is 1. The fraction of sp³-hybridized carbons (Fsp3) is 0.600. The molecule has 0 saturated carbocycles. The van der Waals surface area contributed by atoms with Crippen LogP contribution in [0.15, 0.2) is 18.2 Å². The summed E-state index contributed by atoms with van der Waals surface area (Å²) in [6, 6.07) is 7.35. The quantitative estimate of drug-likeness (QED) is 0.801. The normalized spacial score (nSPS) is 23.8. The molecule has 1 saturated heterocycles. The Balaban J connectivity index is 2.38. The van der Waals surface area contributed by atoms with E-state index in [0.717, 1.165) is 13.1 Å². The van der Waals surface area contributed by atoms with Crippen molar-refractivity contribution in [2.45, 2.75) is 46.2 Å². The summed E-state index contributed by atoms with van der Waals surface area (Å²) in [6.45, 7) is 13.4. The first kappa shape index (κ1) is 12.4. The van der Waals surface area contributed by atoms with E-state index in [1.165, 1.54) is 16.8 Å². The summed E-state index contributed by atoms with van der Waals surface area (Å²) < 4.78 is 0. The zero-order valence-electron chi connectivity index (χ0n) is 11.7. The Morgan fingerprint density at radius 1 is 1.24 bits per heavy atom. The monoisotopic (exact) mass is 232 g/mol. The Morgan fingerprint density at radius 3 is 2.53 bits per heavy atom. The summed E-state index contributed by atoms with van der Waals surface area (Å²) in [5.74, 6) is 0. The highest BCUT2D eigenvalue weighted by molar-refractivity contribution is 5.54. The topological polar surface area (TPSA) is 15.3 Å². The zero-order valence-corrected chi connectivity index (χ0v) is 11.7. The second-order valence-electron chi connectivity index (χ2n) is 5.93. The van der Waals surface area contributed by atoms with Gasteiger partial charge in [0.05, 0.1) is 0 Å². The lowest BCUT2D eigenvalue weighted by atomic mass is 9.95. The van der Waals surface area contributed by atoms with E-state index in [1.54, 1.807) is 0 Å². The summed E-state index contributed by atoms with van der Waals surface area (Å²) in [5.41, 5.74) is 4.28. The van der Waals surface area contributed by atoms with E-state index in [2.05, 4.69) is 63.0 Å². The molecule has 1 aliphatic rings. The Kier molecular flexibility index (Phi) is 3.17. The second kappa shape index (κ2) is 4.34. The molecule has 2 nitrogen and oxygen atoms in total. The van der Waals surface area contributed by atoms with Crippen LogP contribution in [0.1, 0.15) is 31.9 Å². The highest BCUT2D eigenvalue weighted by atomic mass is 15.3. The molecule has 1 aromatic rings. The van der Waals surface area contributed by atoms with Gasteiger partial charge < -0.3 is 10.2 Å². The molecule has 1 fully saturated rings. The molecule has 1 N–H and O–H groups in total. The minimum atomic E-state index is 0.180. The fourth-order valence-corrected chi connectivity index (χ4v) is 2.84.